The van der Waals surface area contributed by atoms with Crippen LogP contribution in [0.2, 0.25) is 0 Å². The molecule has 1 aliphatic rings. The van der Waals surface area contributed by atoms with Crippen LogP contribution in [0.4, 0.5) is 0 Å². The van der Waals surface area contributed by atoms with Crippen LogP contribution in [0.15, 0.2) is 0 Å². The molecule has 0 spiro atoms. The van der Waals surface area contributed by atoms with Crippen LogP contribution in [-0.2, 0) is 4.74 Å². The van der Waals surface area contributed by atoms with Crippen molar-refractivity contribution in [2.75, 3.05) is 39.9 Å². The lowest BCUT2D eigenvalue weighted by Crippen LogP contribution is -2.49. The molecule has 2 unspecified atom stereocenters. The summed E-state index contributed by atoms with van der Waals surface area (Å²) in [7, 11) is 1.81. The number of hydrogen-bond acceptors (Lipinski definition) is 3. The molecule has 0 radical (unpaired) electrons. The van der Waals surface area contributed by atoms with E-state index in [0.29, 0.717) is 11.5 Å². The van der Waals surface area contributed by atoms with E-state index in [1.165, 1.54) is 45.2 Å². The minimum Gasteiger partial charge on any atom is -0.383 e. The maximum atomic E-state index is 5.31. The highest BCUT2D eigenvalue weighted by Gasteiger charge is 2.36. The summed E-state index contributed by atoms with van der Waals surface area (Å²) in [4.78, 5) is 2.62. The average molecular weight is 299 g/mol. The molecule has 3 heteroatoms. The van der Waals surface area contributed by atoms with Crippen LogP contribution in [-0.4, -0.2) is 50.8 Å². The predicted octanol–water partition coefficient (Wildman–Crippen LogP) is 3.54. The molecule has 0 aromatic heterocycles. The van der Waals surface area contributed by atoms with Gasteiger partial charge >= 0.3 is 0 Å². The van der Waals surface area contributed by atoms with Crippen LogP contribution < -0.4 is 5.32 Å². The average Bonchev–Trinajstić information content (AvgIpc) is 2.43. The number of nitrogens with zero attached hydrogens (tertiary/aromatic N) is 1. The first-order valence-electron chi connectivity index (χ1n) is 8.96. The van der Waals surface area contributed by atoms with E-state index >= 15 is 0 Å². The molecule has 0 aliphatic heterocycles. The van der Waals surface area contributed by atoms with Crippen molar-refractivity contribution < 1.29 is 4.74 Å². The lowest BCUT2D eigenvalue weighted by atomic mass is 9.69. The van der Waals surface area contributed by atoms with Crippen molar-refractivity contribution >= 4 is 0 Å². The summed E-state index contributed by atoms with van der Waals surface area (Å²) in [6, 6.07) is 0.598. The molecule has 0 aromatic carbocycles. The van der Waals surface area contributed by atoms with Crippen molar-refractivity contribution in [3.8, 4) is 0 Å². The van der Waals surface area contributed by atoms with Gasteiger partial charge in [0, 0.05) is 32.8 Å². The van der Waals surface area contributed by atoms with Gasteiger partial charge in [0.1, 0.15) is 0 Å². The zero-order chi connectivity index (χ0) is 15.7. The van der Waals surface area contributed by atoms with Crippen molar-refractivity contribution in [2.45, 2.75) is 65.8 Å². The zero-order valence-corrected chi connectivity index (χ0v) is 15.1. The van der Waals surface area contributed by atoms with Gasteiger partial charge in [-0.3, -0.25) is 4.90 Å². The van der Waals surface area contributed by atoms with Crippen LogP contribution in [0.25, 0.3) is 0 Å². The van der Waals surface area contributed by atoms with Gasteiger partial charge in [0.25, 0.3) is 0 Å². The maximum absolute atomic E-state index is 5.31. The van der Waals surface area contributed by atoms with Gasteiger partial charge in [-0.2, -0.15) is 0 Å². The smallest absolute Gasteiger partial charge is 0.0589 e. The molecule has 0 heterocycles. The third-order valence-electron chi connectivity index (χ3n) is 4.96. The molecule has 0 aromatic rings. The second kappa shape index (κ2) is 9.81. The summed E-state index contributed by atoms with van der Waals surface area (Å²) in [6.07, 6.45) is 6.79. The van der Waals surface area contributed by atoms with Crippen LogP contribution in [0.5, 0.6) is 0 Å². The van der Waals surface area contributed by atoms with Crippen LogP contribution in [0.3, 0.4) is 0 Å². The van der Waals surface area contributed by atoms with Crippen molar-refractivity contribution in [3.05, 3.63) is 0 Å². The Kier molecular flexibility index (Phi) is 8.84. The molecule has 0 bridgehead atoms. The zero-order valence-electron chi connectivity index (χ0n) is 15.1. The third kappa shape index (κ3) is 6.66. The van der Waals surface area contributed by atoms with Gasteiger partial charge in [0.15, 0.2) is 0 Å². The number of nitrogens with one attached hydrogen (secondary N) is 1. The van der Waals surface area contributed by atoms with Crippen molar-refractivity contribution in [1.82, 2.24) is 10.2 Å². The minimum atomic E-state index is 0.463. The SMILES string of the molecule is CCCNCC1(CN(CCOC)C(C)C)CCCC(C)C1. The third-order valence-corrected chi connectivity index (χ3v) is 4.96. The molecule has 1 N–H and O–H groups in total. The molecule has 1 saturated carbocycles. The largest absolute Gasteiger partial charge is 0.383 e. The lowest BCUT2D eigenvalue weighted by molar-refractivity contribution is 0.0483. The van der Waals surface area contributed by atoms with Crippen molar-refractivity contribution in [1.29, 1.82) is 0 Å². The summed E-state index contributed by atoms with van der Waals surface area (Å²) in [5.74, 6) is 0.874. The Morgan fingerprint density at radius 1 is 1.38 bits per heavy atom. The van der Waals surface area contributed by atoms with Gasteiger partial charge in [0.2, 0.25) is 0 Å². The van der Waals surface area contributed by atoms with Crippen molar-refractivity contribution in [3.63, 3.8) is 0 Å². The number of rotatable bonds is 10. The Bertz CT molecular complexity index is 270. The Morgan fingerprint density at radius 2 is 2.14 bits per heavy atom. The summed E-state index contributed by atoms with van der Waals surface area (Å²) in [6.45, 7) is 14.8. The fourth-order valence-electron chi connectivity index (χ4n) is 3.82. The van der Waals surface area contributed by atoms with Gasteiger partial charge in [-0.1, -0.05) is 26.7 Å². The Labute approximate surface area is 132 Å². The first-order chi connectivity index (χ1) is 10.0. The molecular weight excluding hydrogens is 260 g/mol. The van der Waals surface area contributed by atoms with Gasteiger partial charge in [-0.05, 0) is 51.0 Å². The lowest BCUT2D eigenvalue weighted by Gasteiger charge is -2.44. The van der Waals surface area contributed by atoms with Gasteiger partial charge in [-0.25, -0.2) is 0 Å². The topological polar surface area (TPSA) is 24.5 Å². The Hall–Kier alpha value is -0.120. The van der Waals surface area contributed by atoms with E-state index in [2.05, 4.69) is 37.9 Å². The van der Waals surface area contributed by atoms with E-state index in [4.69, 9.17) is 4.74 Å². The molecule has 3 nitrogen and oxygen atoms in total. The Morgan fingerprint density at radius 3 is 2.71 bits per heavy atom. The normalized spacial score (nSPS) is 26.7. The van der Waals surface area contributed by atoms with E-state index in [-0.39, 0.29) is 0 Å². The van der Waals surface area contributed by atoms with E-state index < -0.39 is 0 Å². The molecule has 2 atom stereocenters. The fourth-order valence-corrected chi connectivity index (χ4v) is 3.82. The monoisotopic (exact) mass is 298 g/mol. The predicted molar refractivity (Wildman–Crippen MR) is 91.8 cm³/mol. The molecule has 126 valence electrons. The van der Waals surface area contributed by atoms with Crippen LogP contribution in [0.1, 0.15) is 59.8 Å². The highest BCUT2D eigenvalue weighted by molar-refractivity contribution is 4.90. The van der Waals surface area contributed by atoms with E-state index in [0.717, 1.165) is 25.6 Å². The Balaban J connectivity index is 2.69. The summed E-state index contributed by atoms with van der Waals surface area (Å²) < 4.78 is 5.31. The molecule has 1 rings (SSSR count). The highest BCUT2D eigenvalue weighted by atomic mass is 16.5. The second-order valence-electron chi connectivity index (χ2n) is 7.44. The number of methoxy groups -OCH3 is 1. The summed E-state index contributed by atoms with van der Waals surface area (Å²) >= 11 is 0. The van der Waals surface area contributed by atoms with Gasteiger partial charge in [0.05, 0.1) is 6.61 Å². The van der Waals surface area contributed by atoms with Crippen LogP contribution in [0, 0.1) is 11.3 Å². The number of hydrogen-bond donors (Lipinski definition) is 1. The molecule has 1 fully saturated rings. The van der Waals surface area contributed by atoms with E-state index in [1.54, 1.807) is 7.11 Å². The number of ether oxygens (including phenoxy) is 1. The van der Waals surface area contributed by atoms with Gasteiger partial charge < -0.3 is 10.1 Å². The molecule has 0 amide bonds. The van der Waals surface area contributed by atoms with Gasteiger partial charge in [-0.15, -0.1) is 0 Å². The molecule has 0 saturated heterocycles. The molecular formula is C18H38N2O. The van der Waals surface area contributed by atoms with E-state index in [1.807, 2.05) is 0 Å². The maximum Gasteiger partial charge on any atom is 0.0589 e. The van der Waals surface area contributed by atoms with Crippen molar-refractivity contribution in [2.24, 2.45) is 11.3 Å². The first-order valence-corrected chi connectivity index (χ1v) is 8.96. The molecule has 1 aliphatic carbocycles. The summed E-state index contributed by atoms with van der Waals surface area (Å²) in [5.41, 5.74) is 0.463. The molecule has 21 heavy (non-hydrogen) atoms. The highest BCUT2D eigenvalue weighted by Crippen LogP contribution is 2.40. The minimum absolute atomic E-state index is 0.463. The summed E-state index contributed by atoms with van der Waals surface area (Å²) in [5, 5.41) is 3.71. The van der Waals surface area contributed by atoms with Crippen LogP contribution >= 0.6 is 0 Å². The standard InChI is InChI=1S/C18H38N2O/c1-6-10-19-14-18(9-7-8-17(4)13-18)15-20(16(2)3)11-12-21-5/h16-17,19H,6-15H2,1-5H3. The first kappa shape index (κ1) is 18.9. The quantitative estimate of drug-likeness (QED) is 0.624. The van der Waals surface area contributed by atoms with E-state index in [9.17, 15) is 0 Å². The second-order valence-corrected chi connectivity index (χ2v) is 7.44. The fraction of sp³-hybridized carbons (Fsp3) is 1.00.